The van der Waals surface area contributed by atoms with E-state index in [2.05, 4.69) is 5.32 Å². The zero-order valence-electron chi connectivity index (χ0n) is 4.29. The molecule has 0 aromatic rings. The highest BCUT2D eigenvalue weighted by Crippen LogP contribution is 1.95. The Labute approximate surface area is 46.7 Å². The fraction of sp³-hybridized carbons (Fsp3) is 0.750. The van der Waals surface area contributed by atoms with E-state index in [-0.39, 0.29) is 5.91 Å². The Balaban J connectivity index is 2.56. The van der Waals surface area contributed by atoms with Gasteiger partial charge in [-0.1, -0.05) is 0 Å². The molecule has 46 valence electrons. The molecule has 1 amide bonds. The number of carbonyl (C=O) groups excluding carboxylic acids is 1. The Morgan fingerprint density at radius 1 is 1.88 bits per heavy atom. The molecule has 4 N–H and O–H groups in total. The molecule has 4 nitrogen and oxygen atoms in total. The second-order valence-electron chi connectivity index (χ2n) is 1.85. The van der Waals surface area contributed by atoms with Crippen molar-refractivity contribution in [2.75, 3.05) is 6.54 Å². The maximum absolute atomic E-state index is 10.3. The highest BCUT2D eigenvalue weighted by Gasteiger charge is 2.29. The normalized spacial score (nSPS) is 37.5. The van der Waals surface area contributed by atoms with Crippen molar-refractivity contribution in [2.24, 2.45) is 5.73 Å². The van der Waals surface area contributed by atoms with E-state index in [9.17, 15) is 4.79 Å². The summed E-state index contributed by atoms with van der Waals surface area (Å²) < 4.78 is 0. The molecule has 2 atom stereocenters. The molecule has 1 aliphatic rings. The molecule has 1 aliphatic heterocycles. The Bertz CT molecular complexity index is 115. The average molecular weight is 116 g/mol. The number of nitrogens with two attached hydrogens (primary N) is 1. The summed E-state index contributed by atoms with van der Waals surface area (Å²) in [5.74, 6) is -0.363. The number of carbonyl (C=O) groups is 1. The monoisotopic (exact) mass is 116 g/mol. The minimum Gasteiger partial charge on any atom is -0.382 e. The lowest BCUT2D eigenvalue weighted by molar-refractivity contribution is -0.126. The summed E-state index contributed by atoms with van der Waals surface area (Å²) in [6.45, 7) is 0.389. The number of aliphatic hydroxyl groups is 1. The number of hydrogen-bond acceptors (Lipinski definition) is 3. The van der Waals surface area contributed by atoms with Gasteiger partial charge in [0.05, 0.1) is 6.04 Å². The van der Waals surface area contributed by atoms with Crippen molar-refractivity contribution < 1.29 is 9.90 Å². The lowest BCUT2D eigenvalue weighted by Gasteiger charge is -2.00. The molecule has 0 radical (unpaired) electrons. The van der Waals surface area contributed by atoms with Gasteiger partial charge < -0.3 is 16.2 Å². The largest absolute Gasteiger partial charge is 0.382 e. The van der Waals surface area contributed by atoms with Crippen molar-refractivity contribution in [2.45, 2.75) is 12.1 Å². The smallest absolute Gasteiger partial charge is 0.250 e. The molecule has 1 saturated heterocycles. The summed E-state index contributed by atoms with van der Waals surface area (Å²) in [4.78, 5) is 10.3. The summed E-state index contributed by atoms with van der Waals surface area (Å²) >= 11 is 0. The van der Waals surface area contributed by atoms with Crippen LogP contribution in [0.1, 0.15) is 0 Å². The van der Waals surface area contributed by atoms with E-state index in [1.165, 1.54) is 0 Å². The zero-order chi connectivity index (χ0) is 6.15. The van der Waals surface area contributed by atoms with Gasteiger partial charge in [-0.25, -0.2) is 0 Å². The first kappa shape index (κ1) is 5.53. The van der Waals surface area contributed by atoms with Crippen LogP contribution in [0.25, 0.3) is 0 Å². The molecule has 0 bridgehead atoms. The molecular formula is C4H8N2O2. The quantitative estimate of drug-likeness (QED) is 0.336. The maximum atomic E-state index is 10.3. The fourth-order valence-corrected chi connectivity index (χ4v) is 0.629. The first-order valence-electron chi connectivity index (χ1n) is 2.43. The van der Waals surface area contributed by atoms with Crippen molar-refractivity contribution in [3.8, 4) is 0 Å². The van der Waals surface area contributed by atoms with Gasteiger partial charge in [0.25, 0.3) is 5.91 Å². The highest BCUT2D eigenvalue weighted by atomic mass is 16.3. The number of rotatable bonds is 0. The minimum atomic E-state index is -0.991. The zero-order valence-corrected chi connectivity index (χ0v) is 4.29. The van der Waals surface area contributed by atoms with Crippen LogP contribution >= 0.6 is 0 Å². The van der Waals surface area contributed by atoms with Gasteiger partial charge in [-0.2, -0.15) is 0 Å². The van der Waals surface area contributed by atoms with Gasteiger partial charge in [0.1, 0.15) is 6.10 Å². The van der Waals surface area contributed by atoms with Crippen LogP contribution in [-0.4, -0.2) is 29.7 Å². The van der Waals surface area contributed by atoms with Crippen LogP contribution in [-0.2, 0) is 4.79 Å². The van der Waals surface area contributed by atoms with E-state index >= 15 is 0 Å². The first-order valence-corrected chi connectivity index (χ1v) is 2.43. The van der Waals surface area contributed by atoms with Crippen LogP contribution in [0.3, 0.4) is 0 Å². The third kappa shape index (κ3) is 0.677. The summed E-state index contributed by atoms with van der Waals surface area (Å²) in [5, 5.41) is 11.1. The molecule has 1 heterocycles. The van der Waals surface area contributed by atoms with Crippen LogP contribution < -0.4 is 11.1 Å². The van der Waals surface area contributed by atoms with Gasteiger partial charge in [0, 0.05) is 6.54 Å². The molecule has 0 spiro atoms. The van der Waals surface area contributed by atoms with Gasteiger partial charge >= 0.3 is 0 Å². The van der Waals surface area contributed by atoms with E-state index in [4.69, 9.17) is 10.8 Å². The van der Waals surface area contributed by atoms with Gasteiger partial charge in [-0.15, -0.1) is 0 Å². The lowest BCUT2D eigenvalue weighted by atomic mass is 10.2. The topological polar surface area (TPSA) is 75.3 Å². The molecule has 0 aromatic heterocycles. The molecular weight excluding hydrogens is 108 g/mol. The average Bonchev–Trinajstić information content (AvgIpc) is 1.98. The van der Waals surface area contributed by atoms with Crippen molar-refractivity contribution >= 4 is 5.91 Å². The molecule has 1 fully saturated rings. The van der Waals surface area contributed by atoms with Gasteiger partial charge in [0.2, 0.25) is 0 Å². The summed E-state index contributed by atoms with van der Waals surface area (Å²) in [7, 11) is 0. The Morgan fingerprint density at radius 2 is 2.50 bits per heavy atom. The van der Waals surface area contributed by atoms with Crippen LogP contribution in [0.5, 0.6) is 0 Å². The highest BCUT2D eigenvalue weighted by molar-refractivity contribution is 5.83. The third-order valence-electron chi connectivity index (χ3n) is 1.19. The summed E-state index contributed by atoms with van der Waals surface area (Å²) in [6, 6.07) is -0.414. The fourth-order valence-electron chi connectivity index (χ4n) is 0.629. The Morgan fingerprint density at radius 3 is 2.62 bits per heavy atom. The first-order chi connectivity index (χ1) is 3.72. The predicted octanol–water partition coefficient (Wildman–Crippen LogP) is -2.20. The molecule has 8 heavy (non-hydrogen) atoms. The van der Waals surface area contributed by atoms with Crippen LogP contribution in [0.4, 0.5) is 0 Å². The SMILES string of the molecule is N[C@@H]1CNC(=O)[C@@H]1O. The van der Waals surface area contributed by atoms with E-state index in [0.29, 0.717) is 6.54 Å². The van der Waals surface area contributed by atoms with Crippen LogP contribution in [0.2, 0.25) is 0 Å². The Hall–Kier alpha value is -0.610. The second kappa shape index (κ2) is 1.72. The molecule has 0 saturated carbocycles. The van der Waals surface area contributed by atoms with E-state index in [1.807, 2.05) is 0 Å². The minimum absolute atomic E-state index is 0.363. The van der Waals surface area contributed by atoms with Crippen molar-refractivity contribution in [1.29, 1.82) is 0 Å². The molecule has 1 rings (SSSR count). The van der Waals surface area contributed by atoms with Crippen molar-refractivity contribution in [1.82, 2.24) is 5.32 Å². The van der Waals surface area contributed by atoms with Crippen LogP contribution in [0, 0.1) is 0 Å². The van der Waals surface area contributed by atoms with Gasteiger partial charge in [-0.3, -0.25) is 4.79 Å². The number of nitrogens with one attached hydrogen (secondary N) is 1. The second-order valence-corrected chi connectivity index (χ2v) is 1.85. The van der Waals surface area contributed by atoms with E-state index in [0.717, 1.165) is 0 Å². The standard InChI is InChI=1S/C4H8N2O2/c5-2-1-6-4(8)3(2)7/h2-3,7H,1,5H2,(H,6,8)/t2-,3-/m1/s1. The van der Waals surface area contributed by atoms with Crippen molar-refractivity contribution in [3.05, 3.63) is 0 Å². The van der Waals surface area contributed by atoms with Crippen LogP contribution in [0.15, 0.2) is 0 Å². The molecule has 4 heteroatoms. The van der Waals surface area contributed by atoms with Gasteiger partial charge in [-0.05, 0) is 0 Å². The lowest BCUT2D eigenvalue weighted by Crippen LogP contribution is -2.34. The number of aliphatic hydroxyl groups excluding tert-OH is 1. The number of amides is 1. The third-order valence-corrected chi connectivity index (χ3v) is 1.19. The molecule has 0 aromatic carbocycles. The summed E-state index contributed by atoms with van der Waals surface area (Å²) in [6.07, 6.45) is -0.991. The van der Waals surface area contributed by atoms with E-state index < -0.39 is 12.1 Å². The molecule has 0 aliphatic carbocycles. The van der Waals surface area contributed by atoms with E-state index in [1.54, 1.807) is 0 Å². The summed E-state index contributed by atoms with van der Waals surface area (Å²) in [5.41, 5.74) is 5.24. The predicted molar refractivity (Wildman–Crippen MR) is 27.0 cm³/mol. The van der Waals surface area contributed by atoms with Gasteiger partial charge in [0.15, 0.2) is 0 Å². The molecule has 0 unspecified atom stereocenters. The number of hydrogen-bond donors (Lipinski definition) is 3. The van der Waals surface area contributed by atoms with Crippen molar-refractivity contribution in [3.63, 3.8) is 0 Å². The Kier molecular flexibility index (Phi) is 1.19. The maximum Gasteiger partial charge on any atom is 0.250 e.